The molecule has 245 valence electrons. The second kappa shape index (κ2) is 19.1. The SMILES string of the molecule is COC(Cn1ccnc1CN(CCCCCC(=O)Nc1ccc(S(N)(=O)=O)cc1)Cc1nccn1CC(OC)OC)OC.[Re]. The predicted molar refractivity (Wildman–Crippen MR) is 159 cm³/mol. The van der Waals surface area contributed by atoms with Crippen molar-refractivity contribution in [2.24, 2.45) is 5.14 Å². The van der Waals surface area contributed by atoms with E-state index < -0.39 is 22.6 Å². The Morgan fingerprint density at radius 3 is 1.82 bits per heavy atom. The van der Waals surface area contributed by atoms with Crippen LogP contribution in [0.5, 0.6) is 0 Å². The number of nitrogens with two attached hydrogens (primary N) is 1. The summed E-state index contributed by atoms with van der Waals surface area (Å²) in [4.78, 5) is 23.9. The van der Waals surface area contributed by atoms with Crippen LogP contribution in [0.2, 0.25) is 0 Å². The van der Waals surface area contributed by atoms with Gasteiger partial charge in [0.15, 0.2) is 12.6 Å². The third-order valence-corrected chi connectivity index (χ3v) is 7.85. The number of methoxy groups -OCH3 is 4. The first-order valence-electron chi connectivity index (χ1n) is 13.9. The van der Waals surface area contributed by atoms with Gasteiger partial charge in [0.25, 0.3) is 0 Å². The quantitative estimate of drug-likeness (QED) is 0.128. The van der Waals surface area contributed by atoms with Crippen molar-refractivity contribution in [2.45, 2.75) is 69.3 Å². The molecule has 1 aromatic carbocycles. The molecule has 0 fully saturated rings. The standard InChI is InChI=1S/C28H43N7O7S.Re/c1-39-27(40-2)20-34-16-13-30-24(34)18-33(19-25-31-14-17-35(25)21-28(41-3)42-4)15-7-5-6-8-26(36)32-22-9-11-23(12-10-22)43(29,37)38;/h9-14,16-17,27-28H,5-8,15,18-21H2,1-4H3,(H,32,36)(H2,29,37,38);. The number of amides is 1. The smallest absolute Gasteiger partial charge is 0.238 e. The van der Waals surface area contributed by atoms with Crippen LogP contribution in [0.15, 0.2) is 53.9 Å². The molecule has 0 spiro atoms. The van der Waals surface area contributed by atoms with Crippen LogP contribution in [-0.4, -0.2) is 85.9 Å². The van der Waals surface area contributed by atoms with Gasteiger partial charge in [0, 0.05) is 85.8 Å². The molecule has 1 radical (unpaired) electrons. The van der Waals surface area contributed by atoms with E-state index in [0.29, 0.717) is 44.7 Å². The summed E-state index contributed by atoms with van der Waals surface area (Å²) in [5, 5.41) is 7.92. The van der Waals surface area contributed by atoms with Crippen molar-refractivity contribution in [2.75, 3.05) is 40.3 Å². The molecule has 2 heterocycles. The maximum Gasteiger partial charge on any atom is 0.238 e. The number of rotatable bonds is 20. The fourth-order valence-electron chi connectivity index (χ4n) is 4.49. The van der Waals surface area contributed by atoms with Crippen LogP contribution >= 0.6 is 0 Å². The van der Waals surface area contributed by atoms with Crippen LogP contribution in [0.3, 0.4) is 0 Å². The van der Waals surface area contributed by atoms with Gasteiger partial charge in [-0.3, -0.25) is 9.69 Å². The summed E-state index contributed by atoms with van der Waals surface area (Å²) >= 11 is 0. The molecule has 0 bridgehead atoms. The van der Waals surface area contributed by atoms with Gasteiger partial charge in [-0.1, -0.05) is 6.42 Å². The third-order valence-electron chi connectivity index (χ3n) is 6.92. The summed E-state index contributed by atoms with van der Waals surface area (Å²) in [6.07, 6.45) is 9.29. The number of hydrogen-bond acceptors (Lipinski definition) is 10. The molecule has 0 atom stereocenters. The Bertz CT molecular complexity index is 1310. The summed E-state index contributed by atoms with van der Waals surface area (Å²) in [6.45, 7) is 2.92. The number of unbranched alkanes of at least 4 members (excludes halogenated alkanes) is 2. The minimum Gasteiger partial charge on any atom is -0.354 e. The minimum absolute atomic E-state index is 0. The first kappa shape index (κ1) is 37.7. The van der Waals surface area contributed by atoms with E-state index in [0.717, 1.165) is 31.0 Å². The number of nitrogens with one attached hydrogen (secondary N) is 1. The van der Waals surface area contributed by atoms with Crippen LogP contribution in [0.4, 0.5) is 5.69 Å². The second-order valence-corrected chi connectivity index (χ2v) is 11.5. The molecule has 1 amide bonds. The van der Waals surface area contributed by atoms with Crippen LogP contribution in [0, 0.1) is 0 Å². The Morgan fingerprint density at radius 2 is 1.36 bits per heavy atom. The second-order valence-electron chi connectivity index (χ2n) is 9.93. The summed E-state index contributed by atoms with van der Waals surface area (Å²) < 4.78 is 48.4. The van der Waals surface area contributed by atoms with Crippen LogP contribution in [-0.2, 0) is 80.4 Å². The van der Waals surface area contributed by atoms with Gasteiger partial charge in [-0.05, 0) is 43.7 Å². The topological polar surface area (TPSA) is 165 Å². The molecule has 3 aromatic rings. The zero-order valence-electron chi connectivity index (χ0n) is 25.6. The van der Waals surface area contributed by atoms with Crippen molar-refractivity contribution >= 4 is 21.6 Å². The van der Waals surface area contributed by atoms with Crippen LogP contribution in [0.1, 0.15) is 37.3 Å². The van der Waals surface area contributed by atoms with Crippen molar-refractivity contribution in [1.29, 1.82) is 0 Å². The summed E-state index contributed by atoms with van der Waals surface area (Å²) in [7, 11) is 2.64. The van der Waals surface area contributed by atoms with Crippen LogP contribution in [0.25, 0.3) is 0 Å². The number of primary sulfonamides is 1. The molecule has 0 aliphatic rings. The minimum atomic E-state index is -3.78. The molecule has 44 heavy (non-hydrogen) atoms. The average molecular weight is 808 g/mol. The van der Waals surface area contributed by atoms with Crippen molar-refractivity contribution < 1.29 is 52.6 Å². The molecule has 0 aliphatic carbocycles. The Kier molecular flexibility index (Phi) is 16.4. The van der Waals surface area contributed by atoms with E-state index >= 15 is 0 Å². The van der Waals surface area contributed by atoms with E-state index in [1.807, 2.05) is 21.5 Å². The molecule has 0 saturated heterocycles. The van der Waals surface area contributed by atoms with Gasteiger partial charge in [-0.2, -0.15) is 0 Å². The molecule has 3 N–H and O–H groups in total. The number of sulfonamides is 1. The fourth-order valence-corrected chi connectivity index (χ4v) is 5.01. The van der Waals surface area contributed by atoms with Crippen molar-refractivity contribution in [3.63, 3.8) is 0 Å². The summed E-state index contributed by atoms with van der Waals surface area (Å²) in [5.74, 6) is 1.61. The number of benzene rings is 1. The maximum atomic E-state index is 12.4. The van der Waals surface area contributed by atoms with E-state index in [4.69, 9.17) is 24.1 Å². The first-order valence-corrected chi connectivity index (χ1v) is 15.5. The molecule has 0 saturated carbocycles. The summed E-state index contributed by atoms with van der Waals surface area (Å²) in [6, 6.07) is 5.77. The van der Waals surface area contributed by atoms with E-state index in [9.17, 15) is 13.2 Å². The number of anilines is 1. The Morgan fingerprint density at radius 1 is 0.864 bits per heavy atom. The van der Waals surface area contributed by atoms with E-state index in [-0.39, 0.29) is 31.2 Å². The van der Waals surface area contributed by atoms with Gasteiger partial charge in [-0.25, -0.2) is 23.5 Å². The van der Waals surface area contributed by atoms with Gasteiger partial charge in [0.05, 0.1) is 31.1 Å². The Balaban J connectivity index is 0.00000675. The van der Waals surface area contributed by atoms with Gasteiger partial charge < -0.3 is 33.4 Å². The number of hydrogen-bond donors (Lipinski definition) is 2. The molecular weight excluding hydrogens is 765 g/mol. The molecule has 0 aliphatic heterocycles. The van der Waals surface area contributed by atoms with Crippen molar-refractivity contribution in [3.8, 4) is 0 Å². The Hall–Kier alpha value is -2.52. The number of carbonyl (C=O) groups excluding carboxylic acids is 1. The number of aromatic nitrogens is 4. The predicted octanol–water partition coefficient (Wildman–Crippen LogP) is 2.16. The molecule has 0 unspecified atom stereocenters. The number of imidazole rings is 2. The normalized spacial score (nSPS) is 11.8. The summed E-state index contributed by atoms with van der Waals surface area (Å²) in [5.41, 5.74) is 0.517. The molecule has 16 heteroatoms. The van der Waals surface area contributed by atoms with E-state index in [1.54, 1.807) is 40.8 Å². The van der Waals surface area contributed by atoms with E-state index in [2.05, 4.69) is 20.2 Å². The number of nitrogens with zero attached hydrogens (tertiary/aromatic N) is 5. The number of ether oxygens (including phenoxy) is 4. The van der Waals surface area contributed by atoms with Crippen molar-refractivity contribution in [3.05, 3.63) is 60.7 Å². The monoisotopic (exact) mass is 808 g/mol. The van der Waals surface area contributed by atoms with Crippen molar-refractivity contribution in [1.82, 2.24) is 24.0 Å². The maximum absolute atomic E-state index is 12.4. The first-order chi connectivity index (χ1) is 20.7. The zero-order chi connectivity index (χ0) is 31.2. The third kappa shape index (κ3) is 12.1. The largest absolute Gasteiger partial charge is 0.354 e. The van der Waals surface area contributed by atoms with Gasteiger partial charge in [0.2, 0.25) is 15.9 Å². The molecule has 14 nitrogen and oxygen atoms in total. The fraction of sp³-hybridized carbons (Fsp3) is 0.536. The number of carbonyl (C=O) groups is 1. The van der Waals surface area contributed by atoms with Crippen LogP contribution < -0.4 is 10.5 Å². The zero-order valence-corrected chi connectivity index (χ0v) is 29.1. The van der Waals surface area contributed by atoms with Gasteiger partial charge >= 0.3 is 0 Å². The molecule has 3 rings (SSSR count). The van der Waals surface area contributed by atoms with Gasteiger partial charge in [-0.15, -0.1) is 0 Å². The van der Waals surface area contributed by atoms with Gasteiger partial charge in [0.1, 0.15) is 11.6 Å². The molecule has 2 aromatic heterocycles. The molecular formula is C28H43N7O7ReS. The Labute approximate surface area is 272 Å². The average Bonchev–Trinajstić information content (AvgIpc) is 3.62. The van der Waals surface area contributed by atoms with E-state index in [1.165, 1.54) is 24.3 Å².